The summed E-state index contributed by atoms with van der Waals surface area (Å²) >= 11 is 0. The van der Waals surface area contributed by atoms with Gasteiger partial charge in [0.1, 0.15) is 5.82 Å². The smallest absolute Gasteiger partial charge is 0.254 e. The van der Waals surface area contributed by atoms with Crippen LogP contribution < -0.4 is 5.56 Å². The van der Waals surface area contributed by atoms with Gasteiger partial charge in [-0.15, -0.1) is 0 Å². The highest BCUT2D eigenvalue weighted by atomic mass is 16.1. The minimum absolute atomic E-state index is 0.0839. The van der Waals surface area contributed by atoms with E-state index in [9.17, 15) is 4.79 Å². The number of aryl methyl sites for hydroxylation is 1. The molecule has 23 heavy (non-hydrogen) atoms. The number of nitrogens with zero attached hydrogens (tertiary/aromatic N) is 2. The minimum Gasteiger partial charge on any atom is -0.310 e. The third-order valence-electron chi connectivity index (χ3n) is 4.91. The molecule has 2 aromatic rings. The van der Waals surface area contributed by atoms with Crippen LogP contribution >= 0.6 is 0 Å². The first-order valence-electron chi connectivity index (χ1n) is 8.56. The Hall–Kier alpha value is -1.94. The average molecular weight is 309 g/mol. The van der Waals surface area contributed by atoms with E-state index in [0.717, 1.165) is 55.5 Å². The number of fused-ring (bicyclic) bond motifs is 1. The molecule has 1 fully saturated rings. The highest BCUT2D eigenvalue weighted by Crippen LogP contribution is 2.31. The predicted molar refractivity (Wildman–Crippen MR) is 90.3 cm³/mol. The molecular formula is C19H23N3O. The number of hydrogen-bond donors (Lipinski definition) is 1. The van der Waals surface area contributed by atoms with Crippen molar-refractivity contribution in [3.63, 3.8) is 0 Å². The Morgan fingerprint density at radius 1 is 1.26 bits per heavy atom. The van der Waals surface area contributed by atoms with Crippen LogP contribution in [0.5, 0.6) is 0 Å². The molecule has 0 atom stereocenters. The molecule has 4 rings (SSSR count). The fourth-order valence-corrected chi connectivity index (χ4v) is 3.32. The van der Waals surface area contributed by atoms with E-state index in [4.69, 9.17) is 4.98 Å². The molecule has 120 valence electrons. The molecule has 4 heteroatoms. The summed E-state index contributed by atoms with van der Waals surface area (Å²) in [6.07, 6.45) is 4.29. The molecule has 0 bridgehead atoms. The molecule has 1 aliphatic heterocycles. The summed E-state index contributed by atoms with van der Waals surface area (Å²) in [5.74, 6) is 1.62. The lowest BCUT2D eigenvalue weighted by atomic mass is 10.0. The second-order valence-corrected chi connectivity index (χ2v) is 7.03. The van der Waals surface area contributed by atoms with Gasteiger partial charge in [-0.05, 0) is 37.7 Å². The number of hydrogen-bond acceptors (Lipinski definition) is 3. The monoisotopic (exact) mass is 309 g/mol. The van der Waals surface area contributed by atoms with E-state index in [0.29, 0.717) is 0 Å². The van der Waals surface area contributed by atoms with Gasteiger partial charge < -0.3 is 4.98 Å². The van der Waals surface area contributed by atoms with Gasteiger partial charge in [-0.2, -0.15) is 0 Å². The molecule has 0 amide bonds. The van der Waals surface area contributed by atoms with Crippen molar-refractivity contribution in [2.75, 3.05) is 6.54 Å². The van der Waals surface area contributed by atoms with Crippen LogP contribution in [-0.2, 0) is 25.9 Å². The maximum absolute atomic E-state index is 12.3. The zero-order chi connectivity index (χ0) is 15.8. The normalized spacial score (nSPS) is 18.0. The van der Waals surface area contributed by atoms with Crippen LogP contribution in [0.1, 0.15) is 41.1 Å². The maximum Gasteiger partial charge on any atom is 0.254 e. The molecule has 0 saturated heterocycles. The molecule has 2 aliphatic rings. The molecule has 1 saturated carbocycles. The van der Waals surface area contributed by atoms with Crippen molar-refractivity contribution in [3.05, 3.63) is 62.8 Å². The van der Waals surface area contributed by atoms with E-state index >= 15 is 0 Å². The summed E-state index contributed by atoms with van der Waals surface area (Å²) in [5.41, 5.74) is 4.57. The van der Waals surface area contributed by atoms with Crippen LogP contribution in [0.3, 0.4) is 0 Å². The van der Waals surface area contributed by atoms with Gasteiger partial charge in [-0.3, -0.25) is 9.69 Å². The molecular weight excluding hydrogens is 286 g/mol. The Balaban J connectivity index is 1.51. The molecule has 0 spiro atoms. The minimum atomic E-state index is 0.0839. The van der Waals surface area contributed by atoms with E-state index < -0.39 is 0 Å². The zero-order valence-corrected chi connectivity index (χ0v) is 13.6. The second kappa shape index (κ2) is 5.93. The first kappa shape index (κ1) is 14.6. The van der Waals surface area contributed by atoms with Crippen molar-refractivity contribution in [1.82, 2.24) is 14.9 Å². The second-order valence-electron chi connectivity index (χ2n) is 7.03. The Kier molecular flexibility index (Phi) is 3.77. The summed E-state index contributed by atoms with van der Waals surface area (Å²) in [5, 5.41) is 0. The van der Waals surface area contributed by atoms with Gasteiger partial charge in [0.15, 0.2) is 0 Å². The summed E-state index contributed by atoms with van der Waals surface area (Å²) in [4.78, 5) is 22.4. The quantitative estimate of drug-likeness (QED) is 0.944. The highest BCUT2D eigenvalue weighted by Gasteiger charge is 2.25. The zero-order valence-electron chi connectivity index (χ0n) is 13.6. The largest absolute Gasteiger partial charge is 0.310 e. The molecule has 0 radical (unpaired) electrons. The number of aromatic nitrogens is 2. The number of H-pyrrole nitrogens is 1. The van der Waals surface area contributed by atoms with E-state index in [1.165, 1.54) is 24.0 Å². The van der Waals surface area contributed by atoms with E-state index in [2.05, 4.69) is 41.1 Å². The number of benzene rings is 1. The Morgan fingerprint density at radius 3 is 2.78 bits per heavy atom. The molecule has 0 unspecified atom stereocenters. The lowest BCUT2D eigenvalue weighted by Gasteiger charge is -2.27. The lowest BCUT2D eigenvalue weighted by molar-refractivity contribution is 0.240. The molecule has 1 aromatic heterocycles. The number of rotatable bonds is 4. The molecule has 1 N–H and O–H groups in total. The van der Waals surface area contributed by atoms with Crippen LogP contribution in [0.25, 0.3) is 0 Å². The SMILES string of the molecule is Cc1ccc(CN2CCc3c(nc(CC4CC4)[nH]c3=O)C2)cc1. The van der Waals surface area contributed by atoms with Crippen molar-refractivity contribution < 1.29 is 0 Å². The summed E-state index contributed by atoms with van der Waals surface area (Å²) in [7, 11) is 0. The number of nitrogens with one attached hydrogen (secondary N) is 1. The predicted octanol–water partition coefficient (Wildman–Crippen LogP) is 2.59. The fourth-order valence-electron chi connectivity index (χ4n) is 3.32. The Bertz CT molecular complexity index is 759. The van der Waals surface area contributed by atoms with Crippen LogP contribution in [0, 0.1) is 12.8 Å². The van der Waals surface area contributed by atoms with Gasteiger partial charge in [0.25, 0.3) is 5.56 Å². The first-order valence-corrected chi connectivity index (χ1v) is 8.56. The summed E-state index contributed by atoms with van der Waals surface area (Å²) < 4.78 is 0. The van der Waals surface area contributed by atoms with Gasteiger partial charge >= 0.3 is 0 Å². The van der Waals surface area contributed by atoms with E-state index in [-0.39, 0.29) is 5.56 Å². The molecule has 4 nitrogen and oxygen atoms in total. The van der Waals surface area contributed by atoms with Crippen LogP contribution in [0.2, 0.25) is 0 Å². The molecule has 1 aliphatic carbocycles. The van der Waals surface area contributed by atoms with Crippen molar-refractivity contribution in [2.24, 2.45) is 5.92 Å². The maximum atomic E-state index is 12.3. The summed E-state index contributed by atoms with van der Waals surface area (Å²) in [6.45, 7) is 4.74. The van der Waals surface area contributed by atoms with E-state index in [1.807, 2.05) is 0 Å². The van der Waals surface area contributed by atoms with E-state index in [1.54, 1.807) is 0 Å². The topological polar surface area (TPSA) is 49.0 Å². The number of aromatic amines is 1. The fraction of sp³-hybridized carbons (Fsp3) is 0.474. The third-order valence-corrected chi connectivity index (χ3v) is 4.91. The van der Waals surface area contributed by atoms with Gasteiger partial charge in [0, 0.05) is 31.6 Å². The van der Waals surface area contributed by atoms with Crippen molar-refractivity contribution in [3.8, 4) is 0 Å². The van der Waals surface area contributed by atoms with Gasteiger partial charge in [-0.25, -0.2) is 4.98 Å². The summed E-state index contributed by atoms with van der Waals surface area (Å²) in [6, 6.07) is 8.69. The Labute approximate surface area is 136 Å². The van der Waals surface area contributed by atoms with Crippen LogP contribution in [0.15, 0.2) is 29.1 Å². The Morgan fingerprint density at radius 2 is 2.04 bits per heavy atom. The first-order chi connectivity index (χ1) is 11.2. The van der Waals surface area contributed by atoms with Crippen molar-refractivity contribution >= 4 is 0 Å². The van der Waals surface area contributed by atoms with Crippen molar-refractivity contribution in [2.45, 2.75) is 45.7 Å². The third kappa shape index (κ3) is 3.37. The molecule has 1 aromatic carbocycles. The van der Waals surface area contributed by atoms with Gasteiger partial charge in [0.2, 0.25) is 0 Å². The average Bonchev–Trinajstić information content (AvgIpc) is 3.33. The van der Waals surface area contributed by atoms with Gasteiger partial charge in [-0.1, -0.05) is 29.8 Å². The standard InChI is InChI=1S/C19H23N3O/c1-13-2-4-15(5-3-13)11-22-9-8-16-17(12-22)20-18(21-19(16)23)10-14-6-7-14/h2-5,14H,6-12H2,1H3,(H,20,21,23). The van der Waals surface area contributed by atoms with Crippen LogP contribution in [0.4, 0.5) is 0 Å². The van der Waals surface area contributed by atoms with Gasteiger partial charge in [0.05, 0.1) is 5.69 Å². The highest BCUT2D eigenvalue weighted by molar-refractivity contribution is 5.24. The van der Waals surface area contributed by atoms with Crippen molar-refractivity contribution in [1.29, 1.82) is 0 Å². The lowest BCUT2D eigenvalue weighted by Crippen LogP contribution is -2.35. The van der Waals surface area contributed by atoms with Crippen LogP contribution in [-0.4, -0.2) is 21.4 Å². The molecule has 2 heterocycles.